The largest absolute Gasteiger partial charge is 0.354 e. The molecule has 0 radical (unpaired) electrons. The molecule has 6 nitrogen and oxygen atoms in total. The van der Waals surface area contributed by atoms with E-state index in [-0.39, 0.29) is 24.4 Å². The maximum Gasteiger partial charge on any atom is 0.317 e. The highest BCUT2D eigenvalue weighted by molar-refractivity contribution is 5.78. The van der Waals surface area contributed by atoms with E-state index in [1.54, 1.807) is 11.9 Å². The average molecular weight is 425 g/mol. The number of hydrogen-bond donors (Lipinski definition) is 2. The maximum absolute atomic E-state index is 12.3. The van der Waals surface area contributed by atoms with Gasteiger partial charge in [0.05, 0.1) is 0 Å². The van der Waals surface area contributed by atoms with E-state index >= 15 is 0 Å². The van der Waals surface area contributed by atoms with E-state index in [9.17, 15) is 9.59 Å². The molecule has 0 fully saturated rings. The summed E-state index contributed by atoms with van der Waals surface area (Å²) in [5, 5.41) is 5.87. The van der Waals surface area contributed by atoms with Gasteiger partial charge >= 0.3 is 6.03 Å². The van der Waals surface area contributed by atoms with Crippen LogP contribution in [0.25, 0.3) is 0 Å². The normalized spacial score (nSPS) is 11.7. The van der Waals surface area contributed by atoms with Crippen LogP contribution in [0.3, 0.4) is 0 Å². The fourth-order valence-corrected chi connectivity index (χ4v) is 3.62. The van der Waals surface area contributed by atoms with Crippen molar-refractivity contribution in [3.63, 3.8) is 0 Å². The molecule has 2 rings (SSSR count). The summed E-state index contributed by atoms with van der Waals surface area (Å²) in [6.07, 6.45) is 1.16. The molecule has 1 atom stereocenters. The van der Waals surface area contributed by atoms with E-state index in [0.717, 1.165) is 25.1 Å². The molecule has 31 heavy (non-hydrogen) atoms. The standard InChI is InChI=1S/C25H36N4O2/c1-4-29(5-2)23(18-21-12-8-6-9-13-21)19-27-24(30)16-17-26-25(31)28(3)20-22-14-10-7-11-15-22/h6-15,23H,4-5,16-20H2,1-3H3,(H,26,31)(H,27,30). The lowest BCUT2D eigenvalue weighted by Crippen LogP contribution is -2.45. The Morgan fingerprint density at radius 1 is 0.871 bits per heavy atom. The third-order valence-corrected chi connectivity index (χ3v) is 5.42. The van der Waals surface area contributed by atoms with Gasteiger partial charge in [0.2, 0.25) is 5.91 Å². The van der Waals surface area contributed by atoms with E-state index in [2.05, 4.69) is 41.5 Å². The second-order valence-electron chi connectivity index (χ2n) is 7.69. The lowest BCUT2D eigenvalue weighted by Gasteiger charge is -2.30. The van der Waals surface area contributed by atoms with Crippen molar-refractivity contribution in [3.05, 3.63) is 71.8 Å². The number of hydrogen-bond acceptors (Lipinski definition) is 3. The second-order valence-corrected chi connectivity index (χ2v) is 7.69. The third-order valence-electron chi connectivity index (χ3n) is 5.42. The summed E-state index contributed by atoms with van der Waals surface area (Å²) in [6.45, 7) is 7.61. The first kappa shape index (κ1) is 24.4. The number of carbonyl (C=O) groups excluding carboxylic acids is 2. The minimum absolute atomic E-state index is 0.0452. The van der Waals surface area contributed by atoms with Crippen LogP contribution in [-0.4, -0.2) is 61.0 Å². The van der Waals surface area contributed by atoms with Crippen molar-refractivity contribution in [2.75, 3.05) is 33.2 Å². The van der Waals surface area contributed by atoms with Gasteiger partial charge in [-0.2, -0.15) is 0 Å². The number of urea groups is 1. The highest BCUT2D eigenvalue weighted by Gasteiger charge is 2.17. The maximum atomic E-state index is 12.3. The molecule has 2 N–H and O–H groups in total. The Morgan fingerprint density at radius 3 is 2.03 bits per heavy atom. The van der Waals surface area contributed by atoms with Crippen molar-refractivity contribution >= 4 is 11.9 Å². The molecule has 2 aromatic carbocycles. The number of benzene rings is 2. The third kappa shape index (κ3) is 8.80. The molecule has 0 aliphatic heterocycles. The number of likely N-dealkylation sites (N-methyl/N-ethyl adjacent to an activating group) is 1. The monoisotopic (exact) mass is 424 g/mol. The van der Waals surface area contributed by atoms with Crippen molar-refractivity contribution in [2.45, 2.75) is 39.3 Å². The van der Waals surface area contributed by atoms with Crippen LogP contribution in [0.4, 0.5) is 4.79 Å². The first-order valence-corrected chi connectivity index (χ1v) is 11.1. The first-order chi connectivity index (χ1) is 15.0. The summed E-state index contributed by atoms with van der Waals surface area (Å²) in [5.74, 6) is -0.0452. The van der Waals surface area contributed by atoms with Gasteiger partial charge in [0.15, 0.2) is 0 Å². The molecule has 0 aromatic heterocycles. The quantitative estimate of drug-likeness (QED) is 0.550. The Kier molecular flexibility index (Phi) is 10.6. The van der Waals surface area contributed by atoms with Crippen LogP contribution >= 0.6 is 0 Å². The zero-order valence-electron chi connectivity index (χ0n) is 19.0. The van der Waals surface area contributed by atoms with E-state index in [1.165, 1.54) is 5.56 Å². The molecule has 168 valence electrons. The van der Waals surface area contributed by atoms with Gasteiger partial charge in [0, 0.05) is 39.1 Å². The number of amides is 3. The predicted octanol–water partition coefficient (Wildman–Crippen LogP) is 3.29. The van der Waals surface area contributed by atoms with Gasteiger partial charge < -0.3 is 15.5 Å². The number of carbonyl (C=O) groups is 2. The van der Waals surface area contributed by atoms with Gasteiger partial charge in [-0.05, 0) is 30.6 Å². The van der Waals surface area contributed by atoms with Gasteiger partial charge in [0.1, 0.15) is 0 Å². The molecule has 0 bridgehead atoms. The van der Waals surface area contributed by atoms with Gasteiger partial charge in [-0.3, -0.25) is 9.69 Å². The van der Waals surface area contributed by atoms with Gasteiger partial charge in [0.25, 0.3) is 0 Å². The molecule has 6 heteroatoms. The molecule has 2 aromatic rings. The molecule has 0 aliphatic rings. The smallest absolute Gasteiger partial charge is 0.317 e. The summed E-state index contributed by atoms with van der Waals surface area (Å²) in [6, 6.07) is 20.3. The van der Waals surface area contributed by atoms with E-state index < -0.39 is 0 Å². The second kappa shape index (κ2) is 13.4. The van der Waals surface area contributed by atoms with E-state index in [1.807, 2.05) is 48.5 Å². The molecule has 0 saturated carbocycles. The molecule has 3 amide bonds. The summed E-state index contributed by atoms with van der Waals surface area (Å²) in [7, 11) is 1.75. The van der Waals surface area contributed by atoms with Crippen LogP contribution in [0.15, 0.2) is 60.7 Å². The van der Waals surface area contributed by atoms with Crippen LogP contribution < -0.4 is 10.6 Å². The SMILES string of the molecule is CCN(CC)C(CNC(=O)CCNC(=O)N(C)Cc1ccccc1)Cc1ccccc1. The van der Waals surface area contributed by atoms with Gasteiger partial charge in [-0.15, -0.1) is 0 Å². The van der Waals surface area contributed by atoms with Crippen LogP contribution in [0.5, 0.6) is 0 Å². The fourth-order valence-electron chi connectivity index (χ4n) is 3.62. The molecule has 0 spiro atoms. The molecule has 0 heterocycles. The first-order valence-electron chi connectivity index (χ1n) is 11.1. The Balaban J connectivity index is 1.74. The predicted molar refractivity (Wildman–Crippen MR) is 126 cm³/mol. The number of rotatable bonds is 12. The van der Waals surface area contributed by atoms with Crippen LogP contribution in [0.1, 0.15) is 31.4 Å². The molecule has 0 saturated heterocycles. The van der Waals surface area contributed by atoms with Crippen LogP contribution in [-0.2, 0) is 17.8 Å². The molecule has 0 aliphatic carbocycles. The lowest BCUT2D eigenvalue weighted by atomic mass is 10.0. The minimum atomic E-state index is -0.179. The van der Waals surface area contributed by atoms with Crippen molar-refractivity contribution < 1.29 is 9.59 Å². The summed E-state index contributed by atoms with van der Waals surface area (Å²) >= 11 is 0. The van der Waals surface area contributed by atoms with Crippen LogP contribution in [0, 0.1) is 0 Å². The molecular weight excluding hydrogens is 388 g/mol. The topological polar surface area (TPSA) is 64.7 Å². The average Bonchev–Trinajstić information content (AvgIpc) is 2.79. The Bertz CT molecular complexity index is 779. The number of nitrogens with one attached hydrogen (secondary N) is 2. The van der Waals surface area contributed by atoms with Crippen molar-refractivity contribution in [1.82, 2.24) is 20.4 Å². The van der Waals surface area contributed by atoms with E-state index in [0.29, 0.717) is 19.6 Å². The van der Waals surface area contributed by atoms with Gasteiger partial charge in [-0.25, -0.2) is 4.79 Å². The summed E-state index contributed by atoms with van der Waals surface area (Å²) in [4.78, 5) is 28.6. The zero-order valence-corrected chi connectivity index (χ0v) is 19.0. The number of nitrogens with zero attached hydrogens (tertiary/aromatic N) is 2. The molecule has 1 unspecified atom stereocenters. The molecular formula is C25H36N4O2. The Morgan fingerprint density at radius 2 is 1.45 bits per heavy atom. The lowest BCUT2D eigenvalue weighted by molar-refractivity contribution is -0.121. The van der Waals surface area contributed by atoms with Gasteiger partial charge in [-0.1, -0.05) is 74.5 Å². The van der Waals surface area contributed by atoms with Crippen molar-refractivity contribution in [2.24, 2.45) is 0 Å². The Labute approximate surface area is 186 Å². The Hall–Kier alpha value is -2.86. The summed E-state index contributed by atoms with van der Waals surface area (Å²) < 4.78 is 0. The van der Waals surface area contributed by atoms with E-state index in [4.69, 9.17) is 0 Å². The summed E-state index contributed by atoms with van der Waals surface area (Å²) in [5.41, 5.74) is 2.33. The van der Waals surface area contributed by atoms with Crippen LogP contribution in [0.2, 0.25) is 0 Å². The minimum Gasteiger partial charge on any atom is -0.354 e. The highest BCUT2D eigenvalue weighted by atomic mass is 16.2. The highest BCUT2D eigenvalue weighted by Crippen LogP contribution is 2.09. The fraction of sp³-hybridized carbons (Fsp3) is 0.440. The van der Waals surface area contributed by atoms with Crippen molar-refractivity contribution in [3.8, 4) is 0 Å². The zero-order chi connectivity index (χ0) is 22.5. The van der Waals surface area contributed by atoms with Crippen molar-refractivity contribution in [1.29, 1.82) is 0 Å².